The SMILES string of the molecule is CC.CC(=O)OC1CCc2ccc(N)cc21. The Balaban J connectivity index is 0.000000606. The fourth-order valence-electron chi connectivity index (χ4n) is 1.91. The molecule has 1 aromatic carbocycles. The lowest BCUT2D eigenvalue weighted by Gasteiger charge is -2.11. The summed E-state index contributed by atoms with van der Waals surface area (Å²) in [5, 5.41) is 0. The average molecular weight is 221 g/mol. The van der Waals surface area contributed by atoms with Gasteiger partial charge in [-0.05, 0) is 36.1 Å². The fraction of sp³-hybridized carbons (Fsp3) is 0.462. The van der Waals surface area contributed by atoms with Crippen molar-refractivity contribution >= 4 is 11.7 Å². The van der Waals surface area contributed by atoms with E-state index in [1.165, 1.54) is 12.5 Å². The molecule has 0 saturated carbocycles. The highest BCUT2D eigenvalue weighted by molar-refractivity contribution is 5.66. The first-order valence-corrected chi connectivity index (χ1v) is 5.72. The highest BCUT2D eigenvalue weighted by atomic mass is 16.5. The standard InChI is InChI=1S/C11H13NO2.C2H6/c1-7(13)14-11-5-3-8-2-4-9(12)6-10(8)11;1-2/h2,4,6,11H,3,5,12H2,1H3;1-2H3. The number of aryl methyl sites for hydroxylation is 1. The molecule has 3 heteroatoms. The zero-order valence-corrected chi connectivity index (χ0v) is 10.1. The topological polar surface area (TPSA) is 52.3 Å². The van der Waals surface area contributed by atoms with Crippen LogP contribution in [-0.2, 0) is 16.0 Å². The summed E-state index contributed by atoms with van der Waals surface area (Å²) in [5.74, 6) is -0.231. The summed E-state index contributed by atoms with van der Waals surface area (Å²) in [7, 11) is 0. The van der Waals surface area contributed by atoms with Crippen molar-refractivity contribution in [1.29, 1.82) is 0 Å². The van der Waals surface area contributed by atoms with Crippen molar-refractivity contribution in [3.63, 3.8) is 0 Å². The number of hydrogen-bond acceptors (Lipinski definition) is 3. The number of benzene rings is 1. The number of anilines is 1. The third-order valence-corrected chi connectivity index (χ3v) is 2.50. The van der Waals surface area contributed by atoms with Gasteiger partial charge < -0.3 is 10.5 Å². The first kappa shape index (κ1) is 12.6. The van der Waals surface area contributed by atoms with Gasteiger partial charge in [-0.1, -0.05) is 19.9 Å². The highest BCUT2D eigenvalue weighted by Crippen LogP contribution is 2.35. The normalized spacial score (nSPS) is 17.1. The predicted molar refractivity (Wildman–Crippen MR) is 65.0 cm³/mol. The summed E-state index contributed by atoms with van der Waals surface area (Å²) in [6, 6.07) is 5.79. The zero-order chi connectivity index (χ0) is 12.1. The second kappa shape index (κ2) is 5.54. The second-order valence-electron chi connectivity index (χ2n) is 3.60. The van der Waals surface area contributed by atoms with Crippen molar-refractivity contribution in [2.75, 3.05) is 5.73 Å². The molecule has 3 nitrogen and oxygen atoms in total. The maximum atomic E-state index is 10.8. The van der Waals surface area contributed by atoms with Crippen molar-refractivity contribution in [2.45, 2.75) is 39.7 Å². The monoisotopic (exact) mass is 221 g/mol. The van der Waals surface area contributed by atoms with Crippen molar-refractivity contribution in [1.82, 2.24) is 0 Å². The van der Waals surface area contributed by atoms with Crippen LogP contribution in [0.15, 0.2) is 18.2 Å². The molecule has 0 aromatic heterocycles. The number of nitrogens with two attached hydrogens (primary N) is 1. The summed E-state index contributed by atoms with van der Waals surface area (Å²) in [6.45, 7) is 5.43. The van der Waals surface area contributed by atoms with Gasteiger partial charge in [0, 0.05) is 12.6 Å². The minimum absolute atomic E-state index is 0.0917. The van der Waals surface area contributed by atoms with E-state index in [1.54, 1.807) is 0 Å². The Morgan fingerprint density at radius 3 is 2.75 bits per heavy atom. The van der Waals surface area contributed by atoms with Gasteiger partial charge in [-0.2, -0.15) is 0 Å². The van der Waals surface area contributed by atoms with Crippen LogP contribution in [0.25, 0.3) is 0 Å². The van der Waals surface area contributed by atoms with Crippen LogP contribution in [0.1, 0.15) is 44.4 Å². The smallest absolute Gasteiger partial charge is 0.303 e. The number of esters is 1. The third kappa shape index (κ3) is 2.75. The van der Waals surface area contributed by atoms with E-state index in [1.807, 2.05) is 32.0 Å². The Hall–Kier alpha value is -1.51. The largest absolute Gasteiger partial charge is 0.458 e. The molecule has 0 heterocycles. The van der Waals surface area contributed by atoms with Gasteiger partial charge in [-0.3, -0.25) is 4.79 Å². The summed E-state index contributed by atoms with van der Waals surface area (Å²) in [4.78, 5) is 10.8. The first-order valence-electron chi connectivity index (χ1n) is 5.72. The quantitative estimate of drug-likeness (QED) is 0.586. The van der Waals surface area contributed by atoms with E-state index >= 15 is 0 Å². The Kier molecular flexibility index (Phi) is 4.35. The molecule has 0 aliphatic heterocycles. The Bertz CT molecular complexity index is 374. The molecule has 16 heavy (non-hydrogen) atoms. The molecule has 0 bridgehead atoms. The van der Waals surface area contributed by atoms with Crippen LogP contribution in [0.2, 0.25) is 0 Å². The lowest BCUT2D eigenvalue weighted by atomic mass is 10.1. The third-order valence-electron chi connectivity index (χ3n) is 2.50. The van der Waals surface area contributed by atoms with Gasteiger partial charge in [0.2, 0.25) is 0 Å². The number of fused-ring (bicyclic) bond motifs is 1. The molecule has 1 aliphatic carbocycles. The molecular weight excluding hydrogens is 202 g/mol. The van der Waals surface area contributed by atoms with Gasteiger partial charge >= 0.3 is 5.97 Å². The number of hydrogen-bond donors (Lipinski definition) is 1. The van der Waals surface area contributed by atoms with Crippen LogP contribution in [0, 0.1) is 0 Å². The zero-order valence-electron chi connectivity index (χ0n) is 10.1. The average Bonchev–Trinajstić information content (AvgIpc) is 2.63. The van der Waals surface area contributed by atoms with Gasteiger partial charge in [0.05, 0.1) is 0 Å². The molecule has 1 atom stereocenters. The van der Waals surface area contributed by atoms with Crippen molar-refractivity contribution in [3.8, 4) is 0 Å². The predicted octanol–water partition coefficient (Wildman–Crippen LogP) is 2.85. The Labute approximate surface area is 96.6 Å². The summed E-state index contributed by atoms with van der Waals surface area (Å²) in [6.07, 6.45) is 1.75. The van der Waals surface area contributed by atoms with Crippen molar-refractivity contribution < 1.29 is 9.53 Å². The van der Waals surface area contributed by atoms with Crippen LogP contribution < -0.4 is 5.73 Å². The number of rotatable bonds is 1. The summed E-state index contributed by atoms with van der Waals surface area (Å²) >= 11 is 0. The van der Waals surface area contributed by atoms with E-state index in [0.29, 0.717) is 0 Å². The number of nitrogen functional groups attached to an aromatic ring is 1. The van der Waals surface area contributed by atoms with Gasteiger partial charge in [-0.25, -0.2) is 0 Å². The molecule has 2 rings (SSSR count). The second-order valence-corrected chi connectivity index (χ2v) is 3.60. The minimum Gasteiger partial charge on any atom is -0.458 e. The van der Waals surface area contributed by atoms with Crippen LogP contribution in [0.3, 0.4) is 0 Å². The lowest BCUT2D eigenvalue weighted by Crippen LogP contribution is -2.05. The van der Waals surface area contributed by atoms with E-state index in [0.717, 1.165) is 24.1 Å². The fourth-order valence-corrected chi connectivity index (χ4v) is 1.91. The van der Waals surface area contributed by atoms with Gasteiger partial charge in [0.1, 0.15) is 6.10 Å². The highest BCUT2D eigenvalue weighted by Gasteiger charge is 2.24. The van der Waals surface area contributed by atoms with E-state index in [2.05, 4.69) is 0 Å². The molecule has 2 N–H and O–H groups in total. The molecule has 0 radical (unpaired) electrons. The molecule has 0 saturated heterocycles. The summed E-state index contributed by atoms with van der Waals surface area (Å²) in [5.41, 5.74) is 8.72. The summed E-state index contributed by atoms with van der Waals surface area (Å²) < 4.78 is 5.20. The Morgan fingerprint density at radius 2 is 2.12 bits per heavy atom. The van der Waals surface area contributed by atoms with Gasteiger partial charge in [-0.15, -0.1) is 0 Å². The lowest BCUT2D eigenvalue weighted by molar-refractivity contribution is -0.146. The Morgan fingerprint density at radius 1 is 1.44 bits per heavy atom. The van der Waals surface area contributed by atoms with E-state index in [9.17, 15) is 4.79 Å². The van der Waals surface area contributed by atoms with Crippen molar-refractivity contribution in [3.05, 3.63) is 29.3 Å². The molecular formula is C13H19NO2. The maximum absolute atomic E-state index is 10.8. The molecule has 0 amide bonds. The molecule has 0 spiro atoms. The van der Waals surface area contributed by atoms with Crippen LogP contribution in [0.5, 0.6) is 0 Å². The van der Waals surface area contributed by atoms with Gasteiger partial charge in [0.15, 0.2) is 0 Å². The molecule has 88 valence electrons. The molecule has 0 fully saturated rings. The molecule has 1 aliphatic rings. The van der Waals surface area contributed by atoms with Crippen LogP contribution in [0.4, 0.5) is 5.69 Å². The van der Waals surface area contributed by atoms with Crippen LogP contribution >= 0.6 is 0 Å². The van der Waals surface area contributed by atoms with E-state index < -0.39 is 0 Å². The van der Waals surface area contributed by atoms with Crippen molar-refractivity contribution in [2.24, 2.45) is 0 Å². The molecule has 1 aromatic rings. The number of carbonyl (C=O) groups excluding carboxylic acids is 1. The minimum atomic E-state index is -0.231. The number of carbonyl (C=O) groups is 1. The first-order chi connectivity index (χ1) is 7.66. The number of ether oxygens (including phenoxy) is 1. The van der Waals surface area contributed by atoms with Crippen LogP contribution in [-0.4, -0.2) is 5.97 Å². The maximum Gasteiger partial charge on any atom is 0.303 e. The van der Waals surface area contributed by atoms with E-state index in [-0.39, 0.29) is 12.1 Å². The molecule has 1 unspecified atom stereocenters. The van der Waals surface area contributed by atoms with Gasteiger partial charge in [0.25, 0.3) is 0 Å². The van der Waals surface area contributed by atoms with E-state index in [4.69, 9.17) is 10.5 Å².